The normalized spacial score (nSPS) is 17.8. The molecule has 3 heterocycles. The van der Waals surface area contributed by atoms with Crippen LogP contribution in [-0.4, -0.2) is 27.8 Å². The molecule has 0 bridgehead atoms. The molecule has 1 saturated heterocycles. The number of ether oxygens (including phenoxy) is 1. The lowest BCUT2D eigenvalue weighted by atomic mass is 10.1. The summed E-state index contributed by atoms with van der Waals surface area (Å²) >= 11 is 0. The van der Waals surface area contributed by atoms with Crippen LogP contribution in [0.2, 0.25) is 0 Å². The molecule has 1 atom stereocenters. The smallest absolute Gasteiger partial charge is 0.255 e. The highest BCUT2D eigenvalue weighted by atomic mass is 16.5. The number of nitrogens with one attached hydrogen (secondary N) is 1. The van der Waals surface area contributed by atoms with Crippen LogP contribution in [0.1, 0.15) is 47.7 Å². The van der Waals surface area contributed by atoms with Gasteiger partial charge in [-0.3, -0.25) is 4.79 Å². The van der Waals surface area contributed by atoms with Gasteiger partial charge in [0.25, 0.3) is 5.89 Å². The first-order valence-electron chi connectivity index (χ1n) is 7.26. The summed E-state index contributed by atoms with van der Waals surface area (Å²) in [5, 5.41) is 10.4. The molecule has 1 amide bonds. The standard InChI is InChI=1S/C14H18N4O4/c1-8-10(9(2)21-17-8)6-13(19)15-7-12-16-14(22-18-12)11-4-3-5-20-11/h11H,3-7H2,1-2H3,(H,15,19)/t11-/m1/s1. The van der Waals surface area contributed by atoms with Crippen molar-refractivity contribution in [3.63, 3.8) is 0 Å². The van der Waals surface area contributed by atoms with Crippen LogP contribution in [0, 0.1) is 13.8 Å². The van der Waals surface area contributed by atoms with Gasteiger partial charge < -0.3 is 19.1 Å². The van der Waals surface area contributed by atoms with Gasteiger partial charge in [0, 0.05) is 12.2 Å². The van der Waals surface area contributed by atoms with E-state index in [2.05, 4.69) is 20.6 Å². The molecule has 8 nitrogen and oxygen atoms in total. The van der Waals surface area contributed by atoms with Crippen LogP contribution < -0.4 is 5.32 Å². The molecule has 0 unspecified atom stereocenters. The number of nitrogens with zero attached hydrogens (tertiary/aromatic N) is 3. The van der Waals surface area contributed by atoms with Gasteiger partial charge in [0.05, 0.1) is 18.7 Å². The lowest BCUT2D eigenvalue weighted by Gasteiger charge is -2.02. The predicted octanol–water partition coefficient (Wildman–Crippen LogP) is 1.38. The molecule has 22 heavy (non-hydrogen) atoms. The number of amides is 1. The van der Waals surface area contributed by atoms with Crippen molar-refractivity contribution in [1.82, 2.24) is 20.6 Å². The number of hydrogen-bond acceptors (Lipinski definition) is 7. The second-order valence-electron chi connectivity index (χ2n) is 5.31. The molecule has 1 N–H and O–H groups in total. The third-order valence-corrected chi connectivity index (χ3v) is 3.65. The van der Waals surface area contributed by atoms with Crippen molar-refractivity contribution >= 4 is 5.91 Å². The van der Waals surface area contributed by atoms with Gasteiger partial charge in [-0.15, -0.1) is 0 Å². The van der Waals surface area contributed by atoms with E-state index in [4.69, 9.17) is 13.8 Å². The molecule has 0 saturated carbocycles. The van der Waals surface area contributed by atoms with Crippen molar-refractivity contribution in [2.75, 3.05) is 6.61 Å². The molecule has 118 valence electrons. The van der Waals surface area contributed by atoms with E-state index in [9.17, 15) is 4.79 Å². The average Bonchev–Trinajstić information content (AvgIpc) is 3.22. The summed E-state index contributed by atoms with van der Waals surface area (Å²) < 4.78 is 15.7. The van der Waals surface area contributed by atoms with E-state index in [0.29, 0.717) is 17.5 Å². The zero-order valence-electron chi connectivity index (χ0n) is 12.6. The zero-order chi connectivity index (χ0) is 15.5. The Balaban J connectivity index is 1.53. The average molecular weight is 306 g/mol. The monoisotopic (exact) mass is 306 g/mol. The molecular formula is C14H18N4O4. The highest BCUT2D eigenvalue weighted by Gasteiger charge is 2.24. The molecule has 0 spiro atoms. The summed E-state index contributed by atoms with van der Waals surface area (Å²) in [5.74, 6) is 1.44. The molecule has 0 aromatic carbocycles. The van der Waals surface area contributed by atoms with Crippen LogP contribution in [-0.2, 0) is 22.5 Å². The highest BCUT2D eigenvalue weighted by molar-refractivity contribution is 5.78. The lowest BCUT2D eigenvalue weighted by Crippen LogP contribution is -2.25. The Bertz CT molecular complexity index is 638. The fourth-order valence-corrected chi connectivity index (χ4v) is 2.40. The first kappa shape index (κ1) is 14.7. The van der Waals surface area contributed by atoms with Gasteiger partial charge in [0.1, 0.15) is 11.9 Å². The maximum atomic E-state index is 12.0. The SMILES string of the molecule is Cc1noc(C)c1CC(=O)NCc1noc([C@H]2CCCO2)n1. The molecule has 1 aliphatic rings. The largest absolute Gasteiger partial charge is 0.368 e. The Morgan fingerprint density at radius 2 is 2.18 bits per heavy atom. The molecule has 0 aliphatic carbocycles. The molecule has 0 radical (unpaired) electrons. The van der Waals surface area contributed by atoms with Gasteiger partial charge >= 0.3 is 0 Å². The third kappa shape index (κ3) is 3.16. The van der Waals surface area contributed by atoms with E-state index < -0.39 is 0 Å². The van der Waals surface area contributed by atoms with E-state index in [0.717, 1.165) is 30.7 Å². The summed E-state index contributed by atoms with van der Waals surface area (Å²) in [5.41, 5.74) is 1.54. The van der Waals surface area contributed by atoms with E-state index in [-0.39, 0.29) is 25.0 Å². The van der Waals surface area contributed by atoms with Crippen LogP contribution in [0.4, 0.5) is 0 Å². The molecule has 1 fully saturated rings. The van der Waals surface area contributed by atoms with Crippen molar-refractivity contribution in [3.05, 3.63) is 28.7 Å². The minimum Gasteiger partial charge on any atom is -0.368 e. The molecule has 1 aliphatic heterocycles. The topological polar surface area (TPSA) is 103 Å². The number of rotatable bonds is 5. The fourth-order valence-electron chi connectivity index (χ4n) is 2.40. The Labute approximate surface area is 127 Å². The number of aryl methyl sites for hydroxylation is 2. The molecule has 2 aromatic heterocycles. The molecular weight excluding hydrogens is 288 g/mol. The van der Waals surface area contributed by atoms with Crippen molar-refractivity contribution in [2.45, 2.75) is 45.8 Å². The van der Waals surface area contributed by atoms with E-state index >= 15 is 0 Å². The van der Waals surface area contributed by atoms with Crippen LogP contribution in [0.15, 0.2) is 9.05 Å². The highest BCUT2D eigenvalue weighted by Crippen LogP contribution is 2.26. The number of carbonyl (C=O) groups is 1. The second-order valence-corrected chi connectivity index (χ2v) is 5.31. The third-order valence-electron chi connectivity index (χ3n) is 3.65. The summed E-state index contributed by atoms with van der Waals surface area (Å²) in [7, 11) is 0. The second kappa shape index (κ2) is 6.27. The van der Waals surface area contributed by atoms with E-state index in [1.807, 2.05) is 6.92 Å². The van der Waals surface area contributed by atoms with Gasteiger partial charge in [-0.1, -0.05) is 10.3 Å². The van der Waals surface area contributed by atoms with Gasteiger partial charge in [-0.2, -0.15) is 4.98 Å². The fraction of sp³-hybridized carbons (Fsp3) is 0.571. The Morgan fingerprint density at radius 3 is 2.86 bits per heavy atom. The molecule has 8 heteroatoms. The predicted molar refractivity (Wildman–Crippen MR) is 73.8 cm³/mol. The molecule has 2 aromatic rings. The van der Waals surface area contributed by atoms with Gasteiger partial charge in [-0.05, 0) is 26.7 Å². The van der Waals surface area contributed by atoms with Crippen LogP contribution >= 0.6 is 0 Å². The van der Waals surface area contributed by atoms with Crippen molar-refractivity contribution < 1.29 is 18.6 Å². The van der Waals surface area contributed by atoms with Crippen LogP contribution in [0.25, 0.3) is 0 Å². The van der Waals surface area contributed by atoms with Crippen molar-refractivity contribution in [1.29, 1.82) is 0 Å². The first-order valence-corrected chi connectivity index (χ1v) is 7.26. The van der Waals surface area contributed by atoms with E-state index in [1.165, 1.54) is 0 Å². The maximum Gasteiger partial charge on any atom is 0.255 e. The quantitative estimate of drug-likeness (QED) is 0.890. The summed E-state index contributed by atoms with van der Waals surface area (Å²) in [4.78, 5) is 16.2. The minimum absolute atomic E-state index is 0.112. The van der Waals surface area contributed by atoms with Crippen LogP contribution in [0.3, 0.4) is 0 Å². The molecule has 3 rings (SSSR count). The number of carbonyl (C=O) groups excluding carboxylic acids is 1. The number of aromatic nitrogens is 3. The summed E-state index contributed by atoms with van der Waals surface area (Å²) in [6, 6.07) is 0. The Kier molecular flexibility index (Phi) is 4.19. The number of hydrogen-bond donors (Lipinski definition) is 1. The van der Waals surface area contributed by atoms with Gasteiger partial charge in [-0.25, -0.2) is 0 Å². The van der Waals surface area contributed by atoms with E-state index in [1.54, 1.807) is 6.92 Å². The van der Waals surface area contributed by atoms with Crippen molar-refractivity contribution in [2.24, 2.45) is 0 Å². The Hall–Kier alpha value is -2.22. The summed E-state index contributed by atoms with van der Waals surface area (Å²) in [6.45, 7) is 4.54. The van der Waals surface area contributed by atoms with Crippen LogP contribution in [0.5, 0.6) is 0 Å². The lowest BCUT2D eigenvalue weighted by molar-refractivity contribution is -0.120. The van der Waals surface area contributed by atoms with Crippen molar-refractivity contribution in [3.8, 4) is 0 Å². The zero-order valence-corrected chi connectivity index (χ0v) is 12.6. The minimum atomic E-state index is -0.141. The summed E-state index contributed by atoms with van der Waals surface area (Å²) in [6.07, 6.45) is 1.99. The Morgan fingerprint density at radius 1 is 1.32 bits per heavy atom. The van der Waals surface area contributed by atoms with Gasteiger partial charge in [0.2, 0.25) is 5.91 Å². The maximum absolute atomic E-state index is 12.0. The first-order chi connectivity index (χ1) is 10.6. The van der Waals surface area contributed by atoms with Gasteiger partial charge in [0.15, 0.2) is 5.82 Å².